The van der Waals surface area contributed by atoms with Crippen LogP contribution in [0.4, 0.5) is 0 Å². The molecule has 0 fully saturated rings. The molecule has 2 amide bonds. The van der Waals surface area contributed by atoms with E-state index in [4.69, 9.17) is 10.8 Å². The van der Waals surface area contributed by atoms with Crippen LogP contribution in [-0.2, 0) is 9.59 Å². The number of carboxylic acid groups (broad SMARTS) is 1. The molecular formula is C13H15BrN2O4. The Morgan fingerprint density at radius 1 is 1.40 bits per heavy atom. The summed E-state index contributed by atoms with van der Waals surface area (Å²) in [6.45, 7) is 1.87. The third-order valence-corrected chi connectivity index (χ3v) is 3.31. The molecule has 1 atom stereocenters. The molecule has 1 rings (SSSR count). The maximum atomic E-state index is 12.0. The van der Waals surface area contributed by atoms with Gasteiger partial charge in [0.1, 0.15) is 6.04 Å². The number of benzene rings is 1. The number of carbonyl (C=O) groups is 3. The topological polar surface area (TPSA) is 109 Å². The van der Waals surface area contributed by atoms with E-state index in [2.05, 4.69) is 21.2 Å². The van der Waals surface area contributed by atoms with Gasteiger partial charge in [0.2, 0.25) is 5.91 Å². The summed E-state index contributed by atoms with van der Waals surface area (Å²) in [7, 11) is 0. The van der Waals surface area contributed by atoms with Crippen molar-refractivity contribution in [2.24, 2.45) is 5.73 Å². The number of hydrogen-bond acceptors (Lipinski definition) is 3. The van der Waals surface area contributed by atoms with E-state index in [1.165, 1.54) is 0 Å². The van der Waals surface area contributed by atoms with Crippen molar-refractivity contribution in [3.05, 3.63) is 33.8 Å². The van der Waals surface area contributed by atoms with Crippen LogP contribution in [0.2, 0.25) is 0 Å². The van der Waals surface area contributed by atoms with Crippen LogP contribution in [0.15, 0.2) is 22.7 Å². The quantitative estimate of drug-likeness (QED) is 0.721. The molecule has 0 spiro atoms. The van der Waals surface area contributed by atoms with E-state index < -0.39 is 23.8 Å². The highest BCUT2D eigenvalue weighted by Gasteiger charge is 2.22. The Balaban J connectivity index is 2.80. The third kappa shape index (κ3) is 4.65. The summed E-state index contributed by atoms with van der Waals surface area (Å²) in [6, 6.07) is 3.96. The van der Waals surface area contributed by atoms with Crippen LogP contribution in [0.25, 0.3) is 0 Å². The summed E-state index contributed by atoms with van der Waals surface area (Å²) in [6.07, 6.45) is -0.147. The standard InChI is InChI=1S/C13H15BrN2O4/c1-7-2-3-8(9(14)6-7)12(18)16-10(13(19)20)4-5-11(15)17/h2-3,6,10H,4-5H2,1H3,(H2,15,17)(H,16,18)(H,19,20)/t10-/m1/s1. The summed E-state index contributed by atoms with van der Waals surface area (Å²) in [4.78, 5) is 33.7. The van der Waals surface area contributed by atoms with E-state index in [-0.39, 0.29) is 12.8 Å². The van der Waals surface area contributed by atoms with Gasteiger partial charge in [0.15, 0.2) is 0 Å². The molecule has 1 aromatic carbocycles. The number of aryl methyl sites for hydroxylation is 1. The van der Waals surface area contributed by atoms with E-state index in [9.17, 15) is 14.4 Å². The number of carbonyl (C=O) groups excluding carboxylic acids is 2. The van der Waals surface area contributed by atoms with Gasteiger partial charge < -0.3 is 16.2 Å². The summed E-state index contributed by atoms with van der Waals surface area (Å²) in [5.41, 5.74) is 6.28. The number of amides is 2. The van der Waals surface area contributed by atoms with E-state index in [1.807, 2.05) is 6.92 Å². The van der Waals surface area contributed by atoms with Crippen LogP contribution in [0, 0.1) is 6.92 Å². The SMILES string of the molecule is Cc1ccc(C(=O)N[C@H](CCC(N)=O)C(=O)O)c(Br)c1. The first kappa shape index (κ1) is 16.2. The Labute approximate surface area is 124 Å². The zero-order chi connectivity index (χ0) is 15.3. The molecule has 0 radical (unpaired) electrons. The largest absolute Gasteiger partial charge is 0.480 e. The Hall–Kier alpha value is -1.89. The Bertz CT molecular complexity index is 545. The number of nitrogens with two attached hydrogens (primary N) is 1. The van der Waals surface area contributed by atoms with E-state index in [1.54, 1.807) is 18.2 Å². The molecule has 0 saturated heterocycles. The molecular weight excluding hydrogens is 328 g/mol. The molecule has 6 nitrogen and oxygen atoms in total. The minimum absolute atomic E-state index is 0.0418. The predicted molar refractivity (Wildman–Crippen MR) is 76.2 cm³/mol. The lowest BCUT2D eigenvalue weighted by molar-refractivity contribution is -0.139. The van der Waals surface area contributed by atoms with Crippen LogP contribution in [0.3, 0.4) is 0 Å². The molecule has 0 aliphatic carbocycles. The molecule has 108 valence electrons. The Kier molecular flexibility index (Phi) is 5.69. The molecule has 7 heteroatoms. The second kappa shape index (κ2) is 7.04. The van der Waals surface area contributed by atoms with Crippen molar-refractivity contribution in [1.29, 1.82) is 0 Å². The first-order valence-corrected chi connectivity index (χ1v) is 6.68. The molecule has 4 N–H and O–H groups in total. The number of halogens is 1. The minimum atomic E-state index is -1.21. The van der Waals surface area contributed by atoms with Gasteiger partial charge in [-0.2, -0.15) is 0 Å². The highest BCUT2D eigenvalue weighted by molar-refractivity contribution is 9.10. The number of nitrogens with one attached hydrogen (secondary N) is 1. The monoisotopic (exact) mass is 342 g/mol. The van der Waals surface area contributed by atoms with Crippen molar-refractivity contribution in [1.82, 2.24) is 5.32 Å². The fourth-order valence-electron chi connectivity index (χ4n) is 1.58. The average molecular weight is 343 g/mol. The van der Waals surface area contributed by atoms with E-state index in [0.29, 0.717) is 10.0 Å². The van der Waals surface area contributed by atoms with Crippen molar-refractivity contribution in [3.8, 4) is 0 Å². The molecule has 0 bridgehead atoms. The maximum absolute atomic E-state index is 12.0. The number of hydrogen-bond donors (Lipinski definition) is 3. The summed E-state index contributed by atoms with van der Waals surface area (Å²) in [5, 5.41) is 11.4. The summed E-state index contributed by atoms with van der Waals surface area (Å²) < 4.78 is 0.578. The lowest BCUT2D eigenvalue weighted by Gasteiger charge is -2.14. The van der Waals surface area contributed by atoms with Crippen molar-refractivity contribution < 1.29 is 19.5 Å². The molecule has 20 heavy (non-hydrogen) atoms. The first-order chi connectivity index (χ1) is 9.31. The lowest BCUT2D eigenvalue weighted by atomic mass is 10.1. The lowest BCUT2D eigenvalue weighted by Crippen LogP contribution is -2.41. The van der Waals surface area contributed by atoms with Gasteiger partial charge in [-0.3, -0.25) is 9.59 Å². The minimum Gasteiger partial charge on any atom is -0.480 e. The molecule has 0 saturated carbocycles. The van der Waals surface area contributed by atoms with Crippen LogP contribution in [0.1, 0.15) is 28.8 Å². The summed E-state index contributed by atoms with van der Waals surface area (Å²) in [5.74, 6) is -2.33. The second-order valence-corrected chi connectivity index (χ2v) is 5.21. The average Bonchev–Trinajstić information content (AvgIpc) is 2.33. The first-order valence-electron chi connectivity index (χ1n) is 5.89. The zero-order valence-corrected chi connectivity index (χ0v) is 12.4. The molecule has 0 heterocycles. The molecule has 0 aliphatic rings. The van der Waals surface area contributed by atoms with E-state index >= 15 is 0 Å². The number of aliphatic carboxylic acids is 1. The van der Waals surface area contributed by atoms with Crippen molar-refractivity contribution >= 4 is 33.7 Å². The van der Waals surface area contributed by atoms with Gasteiger partial charge in [-0.25, -0.2) is 4.79 Å². The predicted octanol–water partition coefficient (Wildman–Crippen LogP) is 1.21. The van der Waals surface area contributed by atoms with Crippen LogP contribution < -0.4 is 11.1 Å². The van der Waals surface area contributed by atoms with Gasteiger partial charge in [0, 0.05) is 10.9 Å². The maximum Gasteiger partial charge on any atom is 0.326 e. The van der Waals surface area contributed by atoms with Crippen molar-refractivity contribution in [2.75, 3.05) is 0 Å². The van der Waals surface area contributed by atoms with Crippen molar-refractivity contribution in [3.63, 3.8) is 0 Å². The van der Waals surface area contributed by atoms with Crippen LogP contribution in [-0.4, -0.2) is 28.9 Å². The van der Waals surface area contributed by atoms with Gasteiger partial charge in [-0.1, -0.05) is 6.07 Å². The molecule has 0 aliphatic heterocycles. The second-order valence-electron chi connectivity index (χ2n) is 4.35. The molecule has 0 unspecified atom stereocenters. The Morgan fingerprint density at radius 2 is 2.05 bits per heavy atom. The third-order valence-electron chi connectivity index (χ3n) is 2.65. The number of carboxylic acids is 1. The van der Waals surface area contributed by atoms with Crippen LogP contribution in [0.5, 0.6) is 0 Å². The van der Waals surface area contributed by atoms with Gasteiger partial charge >= 0.3 is 5.97 Å². The molecule has 0 aromatic heterocycles. The fraction of sp³-hybridized carbons (Fsp3) is 0.308. The molecule has 1 aromatic rings. The Morgan fingerprint density at radius 3 is 2.55 bits per heavy atom. The zero-order valence-electron chi connectivity index (χ0n) is 10.9. The van der Waals surface area contributed by atoms with Gasteiger partial charge in [-0.05, 0) is 47.0 Å². The van der Waals surface area contributed by atoms with Gasteiger partial charge in [-0.15, -0.1) is 0 Å². The van der Waals surface area contributed by atoms with Crippen molar-refractivity contribution in [2.45, 2.75) is 25.8 Å². The normalized spacial score (nSPS) is 11.7. The fourth-order valence-corrected chi connectivity index (χ4v) is 2.26. The highest BCUT2D eigenvalue weighted by Crippen LogP contribution is 2.18. The van der Waals surface area contributed by atoms with E-state index in [0.717, 1.165) is 5.56 Å². The number of primary amides is 1. The smallest absolute Gasteiger partial charge is 0.326 e. The summed E-state index contributed by atoms with van der Waals surface area (Å²) >= 11 is 3.25. The van der Waals surface area contributed by atoms with Crippen LogP contribution >= 0.6 is 15.9 Å². The van der Waals surface area contributed by atoms with Gasteiger partial charge in [0.05, 0.1) is 5.56 Å². The van der Waals surface area contributed by atoms with Gasteiger partial charge in [0.25, 0.3) is 5.91 Å². The highest BCUT2D eigenvalue weighted by atomic mass is 79.9. The number of rotatable bonds is 6.